The maximum absolute atomic E-state index is 12.5. The van der Waals surface area contributed by atoms with E-state index in [0.29, 0.717) is 34.4 Å². The molecule has 1 aromatic heterocycles. The van der Waals surface area contributed by atoms with Gasteiger partial charge in [0.2, 0.25) is 11.8 Å². The predicted molar refractivity (Wildman–Crippen MR) is 94.9 cm³/mol. The lowest BCUT2D eigenvalue weighted by Crippen LogP contribution is -2.58. The van der Waals surface area contributed by atoms with Crippen LogP contribution in [0.4, 0.5) is 0 Å². The summed E-state index contributed by atoms with van der Waals surface area (Å²) in [4.78, 5) is 41.8. The molecule has 2 heterocycles. The molecule has 3 rings (SSSR count). The van der Waals surface area contributed by atoms with E-state index in [0.717, 1.165) is 11.8 Å². The number of carbonyl (C=O) groups is 3. The number of carbonyl (C=O) groups excluding carboxylic acids is 3. The number of amides is 2. The van der Waals surface area contributed by atoms with Crippen LogP contribution >= 0.6 is 23.4 Å². The van der Waals surface area contributed by atoms with Crippen LogP contribution in [0.25, 0.3) is 11.1 Å². The number of nitrogens with zero attached hydrogens (tertiary/aromatic N) is 2. The fourth-order valence-electron chi connectivity index (χ4n) is 2.60. The number of oxazole rings is 1. The molecule has 0 spiro atoms. The van der Waals surface area contributed by atoms with Gasteiger partial charge in [0, 0.05) is 18.1 Å². The van der Waals surface area contributed by atoms with Crippen molar-refractivity contribution < 1.29 is 23.5 Å². The molecule has 0 bridgehead atoms. The summed E-state index contributed by atoms with van der Waals surface area (Å²) in [5.74, 6) is -1.16. The number of hydrogen-bond donors (Lipinski definition) is 1. The van der Waals surface area contributed by atoms with Gasteiger partial charge in [-0.3, -0.25) is 14.4 Å². The number of ether oxygens (including phenoxy) is 1. The Balaban J connectivity index is 1.66. The molecule has 1 N–H and O–H groups in total. The second-order valence-electron chi connectivity index (χ2n) is 5.55. The lowest BCUT2D eigenvalue weighted by Gasteiger charge is -2.34. The van der Waals surface area contributed by atoms with Gasteiger partial charge >= 0.3 is 5.97 Å². The Hall–Kier alpha value is -2.26. The molecule has 0 saturated carbocycles. The minimum Gasteiger partial charge on any atom is -0.469 e. The summed E-state index contributed by atoms with van der Waals surface area (Å²) in [5.41, 5.74) is 1.18. The van der Waals surface area contributed by atoms with Crippen LogP contribution < -0.4 is 5.32 Å². The SMILES string of the molecule is COC(=O)C[C@H]1C(=O)NCCN1C(=O)CSc1nc2cc(Cl)ccc2o1. The number of aromatic nitrogens is 1. The van der Waals surface area contributed by atoms with Crippen molar-refractivity contribution in [3.05, 3.63) is 23.2 Å². The second-order valence-corrected chi connectivity index (χ2v) is 6.92. The van der Waals surface area contributed by atoms with Crippen molar-refractivity contribution in [2.24, 2.45) is 0 Å². The van der Waals surface area contributed by atoms with Crippen molar-refractivity contribution in [3.63, 3.8) is 0 Å². The molecule has 1 saturated heterocycles. The van der Waals surface area contributed by atoms with Crippen LogP contribution in [0.5, 0.6) is 0 Å². The molecular formula is C16H16ClN3O5S. The van der Waals surface area contributed by atoms with Crippen LogP contribution in [0.3, 0.4) is 0 Å². The topological polar surface area (TPSA) is 102 Å². The Labute approximate surface area is 158 Å². The van der Waals surface area contributed by atoms with E-state index >= 15 is 0 Å². The van der Waals surface area contributed by atoms with Gasteiger partial charge in [-0.15, -0.1) is 0 Å². The highest BCUT2D eigenvalue weighted by molar-refractivity contribution is 7.99. The molecule has 1 aliphatic rings. The average Bonchev–Trinajstić information content (AvgIpc) is 3.03. The predicted octanol–water partition coefficient (Wildman–Crippen LogP) is 1.46. The molecule has 0 radical (unpaired) electrons. The van der Waals surface area contributed by atoms with Crippen molar-refractivity contribution in [1.82, 2.24) is 15.2 Å². The first-order chi connectivity index (χ1) is 12.5. The zero-order valence-electron chi connectivity index (χ0n) is 13.9. The minimum atomic E-state index is -0.869. The van der Waals surface area contributed by atoms with Gasteiger partial charge in [-0.25, -0.2) is 4.98 Å². The zero-order chi connectivity index (χ0) is 18.7. The van der Waals surface area contributed by atoms with E-state index in [-0.39, 0.29) is 24.0 Å². The van der Waals surface area contributed by atoms with Gasteiger partial charge < -0.3 is 19.4 Å². The first-order valence-corrected chi connectivity index (χ1v) is 9.17. The Bertz CT molecular complexity index is 856. The smallest absolute Gasteiger partial charge is 0.308 e. The Morgan fingerprint density at radius 3 is 3.08 bits per heavy atom. The number of fused-ring (bicyclic) bond motifs is 1. The van der Waals surface area contributed by atoms with Crippen molar-refractivity contribution in [2.75, 3.05) is 26.0 Å². The molecule has 0 aliphatic carbocycles. The maximum Gasteiger partial charge on any atom is 0.308 e. The summed E-state index contributed by atoms with van der Waals surface area (Å²) in [5, 5.41) is 3.53. The van der Waals surface area contributed by atoms with Crippen molar-refractivity contribution in [1.29, 1.82) is 0 Å². The highest BCUT2D eigenvalue weighted by Gasteiger charge is 2.35. The molecule has 2 aromatic rings. The van der Waals surface area contributed by atoms with E-state index in [1.54, 1.807) is 18.2 Å². The first kappa shape index (κ1) is 18.5. The fourth-order valence-corrected chi connectivity index (χ4v) is 3.50. The van der Waals surface area contributed by atoms with E-state index in [1.807, 2.05) is 0 Å². The summed E-state index contributed by atoms with van der Waals surface area (Å²) in [6, 6.07) is 4.20. The number of piperazine rings is 1. The average molecular weight is 398 g/mol. The van der Waals surface area contributed by atoms with Crippen LogP contribution in [-0.4, -0.2) is 59.7 Å². The van der Waals surface area contributed by atoms with Gasteiger partial charge in [-0.05, 0) is 18.2 Å². The second kappa shape index (κ2) is 7.96. The van der Waals surface area contributed by atoms with Crippen LogP contribution in [-0.2, 0) is 19.1 Å². The maximum atomic E-state index is 12.5. The minimum absolute atomic E-state index is 0.0332. The summed E-state index contributed by atoms with van der Waals surface area (Å²) in [7, 11) is 1.24. The number of thioether (sulfide) groups is 1. The van der Waals surface area contributed by atoms with Crippen molar-refractivity contribution in [3.8, 4) is 0 Å². The molecule has 1 aliphatic heterocycles. The van der Waals surface area contributed by atoms with Crippen molar-refractivity contribution in [2.45, 2.75) is 17.7 Å². The molecular weight excluding hydrogens is 382 g/mol. The van der Waals surface area contributed by atoms with Crippen LogP contribution in [0, 0.1) is 0 Å². The van der Waals surface area contributed by atoms with E-state index in [2.05, 4.69) is 15.0 Å². The molecule has 1 fully saturated rings. The van der Waals surface area contributed by atoms with Gasteiger partial charge in [0.25, 0.3) is 5.22 Å². The third-order valence-corrected chi connectivity index (χ3v) is 4.94. The summed E-state index contributed by atoms with van der Waals surface area (Å²) in [6.07, 6.45) is -0.180. The van der Waals surface area contributed by atoms with Crippen LogP contribution in [0.2, 0.25) is 5.02 Å². The van der Waals surface area contributed by atoms with E-state index in [4.69, 9.17) is 16.0 Å². The van der Waals surface area contributed by atoms with Gasteiger partial charge in [-0.1, -0.05) is 23.4 Å². The molecule has 10 heteroatoms. The number of nitrogens with one attached hydrogen (secondary N) is 1. The van der Waals surface area contributed by atoms with Gasteiger partial charge in [0.05, 0.1) is 19.3 Å². The largest absolute Gasteiger partial charge is 0.469 e. The van der Waals surface area contributed by atoms with Gasteiger partial charge in [0.15, 0.2) is 5.58 Å². The van der Waals surface area contributed by atoms with Crippen molar-refractivity contribution >= 4 is 52.2 Å². The van der Waals surface area contributed by atoms with E-state index in [9.17, 15) is 14.4 Å². The Kier molecular flexibility index (Phi) is 5.67. The molecule has 1 atom stereocenters. The third kappa shape index (κ3) is 4.10. The van der Waals surface area contributed by atoms with Crippen LogP contribution in [0.1, 0.15) is 6.42 Å². The summed E-state index contributed by atoms with van der Waals surface area (Å²) in [6.45, 7) is 0.671. The number of esters is 1. The first-order valence-electron chi connectivity index (χ1n) is 7.81. The fraction of sp³-hybridized carbons (Fsp3) is 0.375. The van der Waals surface area contributed by atoms with Gasteiger partial charge in [0.1, 0.15) is 11.6 Å². The highest BCUT2D eigenvalue weighted by atomic mass is 35.5. The van der Waals surface area contributed by atoms with E-state index < -0.39 is 12.0 Å². The third-order valence-electron chi connectivity index (χ3n) is 3.89. The molecule has 2 amide bonds. The molecule has 0 unspecified atom stereocenters. The standard InChI is InChI=1S/C16H16ClN3O5S/c1-24-14(22)7-11-15(23)18-4-5-20(11)13(21)8-26-16-19-10-6-9(17)2-3-12(10)25-16/h2-3,6,11H,4-5,7-8H2,1H3,(H,18,23)/t11-/m0/s1. The van der Waals surface area contributed by atoms with E-state index in [1.165, 1.54) is 12.0 Å². The number of methoxy groups -OCH3 is 1. The quantitative estimate of drug-likeness (QED) is 0.602. The lowest BCUT2D eigenvalue weighted by atomic mass is 10.1. The number of hydrogen-bond acceptors (Lipinski definition) is 7. The molecule has 26 heavy (non-hydrogen) atoms. The lowest BCUT2D eigenvalue weighted by molar-refractivity contribution is -0.149. The number of halogens is 1. The van der Waals surface area contributed by atoms with Crippen LogP contribution in [0.15, 0.2) is 27.8 Å². The normalized spacial score (nSPS) is 17.2. The Morgan fingerprint density at radius 1 is 1.50 bits per heavy atom. The molecule has 138 valence electrons. The van der Waals surface area contributed by atoms with Gasteiger partial charge in [-0.2, -0.15) is 0 Å². The zero-order valence-corrected chi connectivity index (χ0v) is 15.4. The number of rotatable bonds is 5. The summed E-state index contributed by atoms with van der Waals surface area (Å²) >= 11 is 7.04. The monoisotopic (exact) mass is 397 g/mol. The molecule has 8 nitrogen and oxygen atoms in total. The number of benzene rings is 1. The highest BCUT2D eigenvalue weighted by Crippen LogP contribution is 2.26. The molecule has 1 aromatic carbocycles. The summed E-state index contributed by atoms with van der Waals surface area (Å²) < 4.78 is 10.2. The Morgan fingerprint density at radius 2 is 2.31 bits per heavy atom.